The fourth-order valence-corrected chi connectivity index (χ4v) is 9.01. The number of benzene rings is 9. The minimum atomic E-state index is 0.633. The molecule has 0 N–H and O–H groups in total. The predicted molar refractivity (Wildman–Crippen MR) is 234 cm³/mol. The molecule has 0 radical (unpaired) electrons. The summed E-state index contributed by atoms with van der Waals surface area (Å²) in [5, 5.41) is 6.93. The zero-order chi connectivity index (χ0) is 37.5. The molecule has 9 aromatic carbocycles. The fourth-order valence-electron chi connectivity index (χ4n) is 9.01. The van der Waals surface area contributed by atoms with Gasteiger partial charge in [-0.15, -0.1) is 0 Å². The van der Waals surface area contributed by atoms with Crippen molar-refractivity contribution in [2.45, 2.75) is 0 Å². The first kappa shape index (κ1) is 31.6. The first-order chi connectivity index (χ1) is 28.3. The summed E-state index contributed by atoms with van der Waals surface area (Å²) in [5.74, 6) is 1.91. The summed E-state index contributed by atoms with van der Waals surface area (Å²) in [6.45, 7) is 0. The van der Waals surface area contributed by atoms with Crippen LogP contribution in [-0.4, -0.2) is 15.0 Å². The third-order valence-corrected chi connectivity index (χ3v) is 11.5. The Bertz CT molecular complexity index is 3320. The van der Waals surface area contributed by atoms with Crippen LogP contribution in [0.4, 0.5) is 0 Å². The highest BCUT2D eigenvalue weighted by Gasteiger charge is 2.26. The lowest BCUT2D eigenvalue weighted by molar-refractivity contribution is 0.669. The van der Waals surface area contributed by atoms with Crippen LogP contribution in [0.1, 0.15) is 0 Å². The molecule has 1 aliphatic carbocycles. The molecule has 0 aliphatic heterocycles. The maximum Gasteiger partial charge on any atom is 0.164 e. The molecular weight excluding hydrogens is 695 g/mol. The fraction of sp³-hybridized carbons (Fsp3) is 0. The van der Waals surface area contributed by atoms with Crippen LogP contribution < -0.4 is 0 Å². The van der Waals surface area contributed by atoms with E-state index in [9.17, 15) is 0 Å². The van der Waals surface area contributed by atoms with E-state index in [0.717, 1.165) is 66.1 Å². The summed E-state index contributed by atoms with van der Waals surface area (Å²) in [6, 6.07) is 66.2. The molecule has 2 heterocycles. The number of hydrogen-bond donors (Lipinski definition) is 0. The number of nitrogens with zero attached hydrogens (tertiary/aromatic N) is 3. The van der Waals surface area contributed by atoms with Crippen LogP contribution in [-0.2, 0) is 0 Å². The predicted octanol–water partition coefficient (Wildman–Crippen LogP) is 14.1. The third-order valence-electron chi connectivity index (χ3n) is 11.5. The number of fused-ring (bicyclic) bond motifs is 7. The van der Waals surface area contributed by atoms with Gasteiger partial charge in [0.15, 0.2) is 17.5 Å². The summed E-state index contributed by atoms with van der Waals surface area (Å²) in [5.41, 5.74) is 14.3. The van der Waals surface area contributed by atoms with Gasteiger partial charge in [0.2, 0.25) is 0 Å². The van der Waals surface area contributed by atoms with E-state index < -0.39 is 0 Å². The second-order valence-electron chi connectivity index (χ2n) is 14.6. The van der Waals surface area contributed by atoms with Crippen molar-refractivity contribution in [1.82, 2.24) is 15.0 Å². The summed E-state index contributed by atoms with van der Waals surface area (Å²) < 4.78 is 6.57. The first-order valence-electron chi connectivity index (χ1n) is 19.3. The molecule has 0 atom stereocenters. The van der Waals surface area contributed by atoms with Crippen LogP contribution in [0.15, 0.2) is 192 Å². The molecule has 0 spiro atoms. The second-order valence-corrected chi connectivity index (χ2v) is 14.6. The highest BCUT2D eigenvalue weighted by molar-refractivity contribution is 6.24. The molecule has 12 rings (SSSR count). The SMILES string of the molecule is c1ccc(-c2nc(-c3ccccc3)nc(-c3ccc(-c4ccc5oc6ccccc6c5c4-c4ccc5c6c(cccc46)-c4ccccc4-5)c4ccccc34)n2)cc1. The Kier molecular flexibility index (Phi) is 6.89. The van der Waals surface area contributed by atoms with Crippen molar-refractivity contribution >= 4 is 43.5 Å². The molecular formula is C53H31N3O. The number of aromatic nitrogens is 3. The Balaban J connectivity index is 1.13. The molecule has 0 saturated carbocycles. The Morgan fingerprint density at radius 2 is 0.754 bits per heavy atom. The summed E-state index contributed by atoms with van der Waals surface area (Å²) in [7, 11) is 0. The zero-order valence-electron chi connectivity index (χ0n) is 30.6. The van der Waals surface area contributed by atoms with Gasteiger partial charge in [-0.3, -0.25) is 0 Å². The molecule has 264 valence electrons. The Morgan fingerprint density at radius 3 is 1.47 bits per heavy atom. The number of para-hydroxylation sites is 1. The van der Waals surface area contributed by atoms with Crippen LogP contribution in [0.25, 0.3) is 122 Å². The number of rotatable bonds is 5. The molecule has 11 aromatic rings. The molecule has 0 amide bonds. The average Bonchev–Trinajstić information content (AvgIpc) is 3.83. The lowest BCUT2D eigenvalue weighted by atomic mass is 9.85. The van der Waals surface area contributed by atoms with E-state index in [1.54, 1.807) is 0 Å². The van der Waals surface area contributed by atoms with Crippen LogP contribution in [0, 0.1) is 0 Å². The van der Waals surface area contributed by atoms with Gasteiger partial charge in [-0.2, -0.15) is 0 Å². The van der Waals surface area contributed by atoms with Crippen molar-refractivity contribution in [3.05, 3.63) is 188 Å². The van der Waals surface area contributed by atoms with E-state index >= 15 is 0 Å². The Labute approximate surface area is 328 Å². The van der Waals surface area contributed by atoms with E-state index in [2.05, 4.69) is 121 Å². The van der Waals surface area contributed by atoms with Crippen LogP contribution >= 0.6 is 0 Å². The second kappa shape index (κ2) is 12.4. The lowest BCUT2D eigenvalue weighted by Crippen LogP contribution is -2.00. The van der Waals surface area contributed by atoms with Crippen LogP contribution in [0.2, 0.25) is 0 Å². The van der Waals surface area contributed by atoms with Gasteiger partial charge >= 0.3 is 0 Å². The molecule has 2 aromatic heterocycles. The van der Waals surface area contributed by atoms with E-state index in [-0.39, 0.29) is 0 Å². The van der Waals surface area contributed by atoms with Crippen molar-refractivity contribution in [3.8, 4) is 78.7 Å². The lowest BCUT2D eigenvalue weighted by Gasteiger charge is -2.18. The number of furan rings is 1. The molecule has 0 bridgehead atoms. The largest absolute Gasteiger partial charge is 0.456 e. The average molecular weight is 726 g/mol. The van der Waals surface area contributed by atoms with E-state index in [0.29, 0.717) is 17.5 Å². The van der Waals surface area contributed by atoms with Crippen molar-refractivity contribution in [3.63, 3.8) is 0 Å². The Hall–Kier alpha value is -7.69. The molecule has 1 aliphatic rings. The monoisotopic (exact) mass is 725 g/mol. The molecule has 4 heteroatoms. The van der Waals surface area contributed by atoms with Crippen LogP contribution in [0.3, 0.4) is 0 Å². The van der Waals surface area contributed by atoms with Gasteiger partial charge in [-0.25, -0.2) is 15.0 Å². The van der Waals surface area contributed by atoms with E-state index in [1.165, 1.54) is 38.6 Å². The van der Waals surface area contributed by atoms with Gasteiger partial charge in [0.25, 0.3) is 0 Å². The van der Waals surface area contributed by atoms with Gasteiger partial charge < -0.3 is 4.42 Å². The number of hydrogen-bond acceptors (Lipinski definition) is 4. The molecule has 0 fully saturated rings. The van der Waals surface area contributed by atoms with E-state index in [4.69, 9.17) is 19.4 Å². The van der Waals surface area contributed by atoms with Crippen LogP contribution in [0.5, 0.6) is 0 Å². The van der Waals surface area contributed by atoms with E-state index in [1.807, 2.05) is 66.7 Å². The molecule has 4 nitrogen and oxygen atoms in total. The summed E-state index contributed by atoms with van der Waals surface area (Å²) in [4.78, 5) is 15.2. The Morgan fingerprint density at radius 1 is 0.263 bits per heavy atom. The molecule has 57 heavy (non-hydrogen) atoms. The highest BCUT2D eigenvalue weighted by Crippen LogP contribution is 2.52. The van der Waals surface area contributed by atoms with Gasteiger partial charge in [0, 0.05) is 33.0 Å². The normalized spacial score (nSPS) is 11.9. The van der Waals surface area contributed by atoms with Gasteiger partial charge in [-0.05, 0) is 84.8 Å². The molecule has 0 unspecified atom stereocenters. The smallest absolute Gasteiger partial charge is 0.164 e. The minimum absolute atomic E-state index is 0.633. The highest BCUT2D eigenvalue weighted by atomic mass is 16.3. The van der Waals surface area contributed by atoms with Crippen molar-refractivity contribution in [1.29, 1.82) is 0 Å². The third kappa shape index (κ3) is 4.84. The van der Waals surface area contributed by atoms with Crippen molar-refractivity contribution < 1.29 is 4.42 Å². The summed E-state index contributed by atoms with van der Waals surface area (Å²) >= 11 is 0. The maximum atomic E-state index is 6.57. The maximum absolute atomic E-state index is 6.57. The quantitative estimate of drug-likeness (QED) is 0.177. The summed E-state index contributed by atoms with van der Waals surface area (Å²) in [6.07, 6.45) is 0. The van der Waals surface area contributed by atoms with Gasteiger partial charge in [-0.1, -0.05) is 164 Å². The van der Waals surface area contributed by atoms with Crippen molar-refractivity contribution in [2.75, 3.05) is 0 Å². The van der Waals surface area contributed by atoms with Gasteiger partial charge in [0.05, 0.1) is 0 Å². The first-order valence-corrected chi connectivity index (χ1v) is 19.3. The molecule has 0 saturated heterocycles. The zero-order valence-corrected chi connectivity index (χ0v) is 30.6. The topological polar surface area (TPSA) is 51.8 Å². The van der Waals surface area contributed by atoms with Crippen molar-refractivity contribution in [2.24, 2.45) is 0 Å². The standard InChI is InChI=1S/C53H31N3O/c1-3-14-32(15-4-1)51-54-52(33-16-5-2-6-17-33)56-53(55-51)44-29-26-38(34-18-7-10-21-37(34)44)42-30-31-47-50(45-22-11-12-25-46(45)57-47)49(42)43-28-27-41-36-20-9-8-19-35(36)39-23-13-24-40(43)48(39)41/h1-31H. The minimum Gasteiger partial charge on any atom is -0.456 e. The van der Waals surface area contributed by atoms with Gasteiger partial charge in [0.1, 0.15) is 11.2 Å².